The number of methoxy groups -OCH3 is 1. The van der Waals surface area contributed by atoms with Crippen LogP contribution in [0.2, 0.25) is 0 Å². The Morgan fingerprint density at radius 1 is 1.69 bits per heavy atom. The van der Waals surface area contributed by atoms with E-state index in [9.17, 15) is 4.79 Å². The maximum Gasteiger partial charge on any atom is 0.251 e. The Kier molecular flexibility index (Phi) is 3.05. The molecule has 0 saturated carbocycles. The van der Waals surface area contributed by atoms with Gasteiger partial charge < -0.3 is 15.6 Å². The Balaban J connectivity index is 2.94. The molecule has 0 fully saturated rings. The minimum atomic E-state index is -0.391. The van der Waals surface area contributed by atoms with Gasteiger partial charge in [-0.05, 0) is 5.56 Å². The molecule has 13 heavy (non-hydrogen) atoms. The molecule has 1 aromatic heterocycles. The molecule has 1 atom stereocenters. The largest absolute Gasteiger partial charge is 0.495 e. The number of aromatic amines is 1. The van der Waals surface area contributed by atoms with Crippen molar-refractivity contribution in [3.8, 4) is 5.88 Å². The zero-order chi connectivity index (χ0) is 9.84. The van der Waals surface area contributed by atoms with E-state index < -0.39 is 6.04 Å². The summed E-state index contributed by atoms with van der Waals surface area (Å²) >= 11 is 0. The highest BCUT2D eigenvalue weighted by Crippen LogP contribution is 2.11. The Morgan fingerprint density at radius 2 is 2.38 bits per heavy atom. The molecule has 1 rings (SSSR count). The smallest absolute Gasteiger partial charge is 0.251 e. The first-order valence-electron chi connectivity index (χ1n) is 3.81. The third kappa shape index (κ3) is 2.57. The van der Waals surface area contributed by atoms with Crippen LogP contribution in [-0.4, -0.2) is 23.8 Å². The lowest BCUT2D eigenvalue weighted by atomic mass is 10.1. The molecule has 4 N–H and O–H groups in total. The van der Waals surface area contributed by atoms with Crippen LogP contribution in [0.25, 0.3) is 0 Å². The normalized spacial score (nSPS) is 12.8. The summed E-state index contributed by atoms with van der Waals surface area (Å²) in [6, 6.07) is 2.35. The first kappa shape index (κ1) is 9.76. The molecule has 0 bridgehead atoms. The molecule has 0 aliphatic heterocycles. The van der Waals surface area contributed by atoms with E-state index in [2.05, 4.69) is 4.98 Å². The number of nitrogens with one attached hydrogen (secondary N) is 1. The second-order valence-electron chi connectivity index (χ2n) is 2.73. The van der Waals surface area contributed by atoms with E-state index in [1.54, 1.807) is 0 Å². The summed E-state index contributed by atoms with van der Waals surface area (Å²) in [5, 5.41) is 9.06. The molecule has 5 nitrogen and oxygen atoms in total. The minimum absolute atomic E-state index is 0.186. The number of rotatable bonds is 3. The Morgan fingerprint density at radius 3 is 2.92 bits per heavy atom. The highest BCUT2D eigenvalue weighted by atomic mass is 16.5. The number of H-pyrrole nitrogens is 1. The van der Waals surface area contributed by atoms with Crippen molar-refractivity contribution in [1.29, 1.82) is 0 Å². The van der Waals surface area contributed by atoms with Gasteiger partial charge in [0.1, 0.15) is 0 Å². The van der Waals surface area contributed by atoms with Crippen molar-refractivity contribution in [3.05, 3.63) is 28.0 Å². The number of hydrogen-bond donors (Lipinski definition) is 3. The zero-order valence-corrected chi connectivity index (χ0v) is 7.28. The van der Waals surface area contributed by atoms with Crippen LogP contribution in [0.1, 0.15) is 11.6 Å². The number of aromatic hydroxyl groups is 1. The average Bonchev–Trinajstić information content (AvgIpc) is 2.03. The summed E-state index contributed by atoms with van der Waals surface area (Å²) < 4.78 is 4.82. The highest BCUT2D eigenvalue weighted by Gasteiger charge is 2.07. The van der Waals surface area contributed by atoms with Crippen molar-refractivity contribution in [2.24, 2.45) is 5.73 Å². The van der Waals surface area contributed by atoms with Gasteiger partial charge in [0.15, 0.2) is 5.88 Å². The number of hydrogen-bond acceptors (Lipinski definition) is 4. The number of pyridine rings is 1. The standard InChI is InChI=1S/C8H12N2O3/c1-13-4-6(9)5-2-7(11)10-8(12)3-5/h2-3,6H,4,9H2,1H3,(H2,10,11,12)/t6-/m0/s1. The van der Waals surface area contributed by atoms with Crippen LogP contribution in [0.5, 0.6) is 5.88 Å². The number of nitrogens with two attached hydrogens (primary N) is 1. The SMILES string of the molecule is COC[C@H](N)c1cc(O)[nH]c(=O)c1. The molecular formula is C8H12N2O3. The second-order valence-corrected chi connectivity index (χ2v) is 2.73. The Bertz CT molecular complexity index is 334. The fourth-order valence-electron chi connectivity index (χ4n) is 1.04. The van der Waals surface area contributed by atoms with Gasteiger partial charge in [0, 0.05) is 19.2 Å². The molecule has 0 saturated heterocycles. The van der Waals surface area contributed by atoms with Gasteiger partial charge in [0.2, 0.25) is 0 Å². The maximum absolute atomic E-state index is 10.9. The summed E-state index contributed by atoms with van der Waals surface area (Å²) in [6.45, 7) is 0.308. The van der Waals surface area contributed by atoms with Gasteiger partial charge in [-0.2, -0.15) is 0 Å². The van der Waals surface area contributed by atoms with Crippen LogP contribution in [0.3, 0.4) is 0 Å². The van der Waals surface area contributed by atoms with Crippen LogP contribution < -0.4 is 11.3 Å². The Labute approximate surface area is 75.2 Å². The van der Waals surface area contributed by atoms with Gasteiger partial charge in [0.25, 0.3) is 5.56 Å². The van der Waals surface area contributed by atoms with Crippen LogP contribution in [0.4, 0.5) is 0 Å². The third-order valence-corrected chi connectivity index (χ3v) is 1.63. The molecular weight excluding hydrogens is 172 g/mol. The predicted octanol–water partition coefficient (Wildman–Crippen LogP) is -0.273. The lowest BCUT2D eigenvalue weighted by Gasteiger charge is -2.09. The van der Waals surface area contributed by atoms with E-state index >= 15 is 0 Å². The molecule has 5 heteroatoms. The first-order chi connectivity index (χ1) is 6.13. The lowest BCUT2D eigenvalue weighted by molar-refractivity contribution is 0.180. The van der Waals surface area contributed by atoms with Crippen molar-refractivity contribution < 1.29 is 9.84 Å². The predicted molar refractivity (Wildman–Crippen MR) is 47.5 cm³/mol. The summed E-state index contributed by atoms with van der Waals surface area (Å²) in [6.07, 6.45) is 0. The molecule has 0 aliphatic carbocycles. The van der Waals surface area contributed by atoms with E-state index in [4.69, 9.17) is 15.6 Å². The summed E-state index contributed by atoms with van der Waals surface area (Å²) in [4.78, 5) is 13.1. The van der Waals surface area contributed by atoms with Crippen LogP contribution in [-0.2, 0) is 4.74 Å². The van der Waals surface area contributed by atoms with Gasteiger partial charge in [-0.1, -0.05) is 0 Å². The van der Waals surface area contributed by atoms with E-state index in [-0.39, 0.29) is 11.4 Å². The fraction of sp³-hybridized carbons (Fsp3) is 0.375. The zero-order valence-electron chi connectivity index (χ0n) is 7.28. The topological polar surface area (TPSA) is 88.3 Å². The minimum Gasteiger partial charge on any atom is -0.495 e. The first-order valence-corrected chi connectivity index (χ1v) is 3.81. The van der Waals surface area contributed by atoms with Crippen LogP contribution in [0, 0.1) is 0 Å². The van der Waals surface area contributed by atoms with Crippen molar-refractivity contribution in [2.45, 2.75) is 6.04 Å². The van der Waals surface area contributed by atoms with Gasteiger partial charge in [-0.3, -0.25) is 9.78 Å². The van der Waals surface area contributed by atoms with Crippen molar-refractivity contribution in [2.75, 3.05) is 13.7 Å². The lowest BCUT2D eigenvalue weighted by Crippen LogP contribution is -2.18. The van der Waals surface area contributed by atoms with Gasteiger partial charge in [0.05, 0.1) is 12.6 Å². The maximum atomic E-state index is 10.9. The second kappa shape index (κ2) is 4.06. The van der Waals surface area contributed by atoms with E-state index in [0.29, 0.717) is 12.2 Å². The van der Waals surface area contributed by atoms with Crippen molar-refractivity contribution >= 4 is 0 Å². The summed E-state index contributed by atoms with van der Waals surface area (Å²) in [5.41, 5.74) is 5.84. The molecule has 72 valence electrons. The van der Waals surface area contributed by atoms with Crippen molar-refractivity contribution in [3.63, 3.8) is 0 Å². The third-order valence-electron chi connectivity index (χ3n) is 1.63. The Hall–Kier alpha value is -1.33. The van der Waals surface area contributed by atoms with Gasteiger partial charge >= 0.3 is 0 Å². The molecule has 0 aliphatic rings. The number of aromatic nitrogens is 1. The number of ether oxygens (including phenoxy) is 1. The van der Waals surface area contributed by atoms with E-state index in [0.717, 1.165) is 0 Å². The molecule has 0 unspecified atom stereocenters. The monoisotopic (exact) mass is 184 g/mol. The van der Waals surface area contributed by atoms with Crippen LogP contribution >= 0.6 is 0 Å². The van der Waals surface area contributed by atoms with E-state index in [1.807, 2.05) is 0 Å². The summed E-state index contributed by atoms with van der Waals surface area (Å²) in [7, 11) is 1.52. The average molecular weight is 184 g/mol. The molecule has 0 radical (unpaired) electrons. The molecule has 0 aromatic carbocycles. The molecule has 1 aromatic rings. The van der Waals surface area contributed by atoms with Crippen LogP contribution in [0.15, 0.2) is 16.9 Å². The van der Waals surface area contributed by atoms with E-state index in [1.165, 1.54) is 19.2 Å². The fourth-order valence-corrected chi connectivity index (χ4v) is 1.04. The molecule has 1 heterocycles. The van der Waals surface area contributed by atoms with Gasteiger partial charge in [-0.25, -0.2) is 0 Å². The molecule has 0 spiro atoms. The molecule has 0 amide bonds. The van der Waals surface area contributed by atoms with Gasteiger partial charge in [-0.15, -0.1) is 0 Å². The highest BCUT2D eigenvalue weighted by molar-refractivity contribution is 5.22. The summed E-state index contributed by atoms with van der Waals surface area (Å²) in [5.74, 6) is -0.186. The van der Waals surface area contributed by atoms with Crippen molar-refractivity contribution in [1.82, 2.24) is 4.98 Å². The quantitative estimate of drug-likeness (QED) is 0.603.